The van der Waals surface area contributed by atoms with Gasteiger partial charge in [-0.1, -0.05) is 60.7 Å². The Balaban J connectivity index is 1.59. The molecule has 0 N–H and O–H groups in total. The molecule has 28 heavy (non-hydrogen) atoms. The van der Waals surface area contributed by atoms with Crippen molar-refractivity contribution in [2.24, 2.45) is 0 Å². The van der Waals surface area contributed by atoms with E-state index in [9.17, 15) is 0 Å². The molecule has 0 bridgehead atoms. The second-order valence-electron chi connectivity index (χ2n) is 7.36. The van der Waals surface area contributed by atoms with Crippen LogP contribution in [0, 0.1) is 11.7 Å². The van der Waals surface area contributed by atoms with E-state index in [1.807, 2.05) is 23.7 Å². The van der Waals surface area contributed by atoms with Crippen LogP contribution in [0.2, 0.25) is 0 Å². The molecule has 4 nitrogen and oxygen atoms in total. The number of hydrogen-bond donors (Lipinski definition) is 0. The normalized spacial score (nSPS) is 15.7. The third-order valence-electron chi connectivity index (χ3n) is 5.51. The van der Waals surface area contributed by atoms with Crippen LogP contribution in [0.25, 0.3) is 0 Å². The second-order valence-corrected chi connectivity index (χ2v) is 7.72. The molecule has 0 amide bonds. The molecule has 2 aromatic carbocycles. The molecule has 1 aromatic heterocycles. The summed E-state index contributed by atoms with van der Waals surface area (Å²) in [6.45, 7) is 8.23. The van der Waals surface area contributed by atoms with Crippen molar-refractivity contribution >= 4 is 12.2 Å². The lowest BCUT2D eigenvalue weighted by atomic mass is 10.1. The highest BCUT2D eigenvalue weighted by atomic mass is 32.1. The number of fused-ring (bicyclic) bond motifs is 1. The van der Waals surface area contributed by atoms with E-state index in [2.05, 4.69) is 64.6 Å². The fraction of sp³-hybridized carbons (Fsp3) is 0.304. The summed E-state index contributed by atoms with van der Waals surface area (Å²) in [5, 5.41) is 4.76. The van der Waals surface area contributed by atoms with Crippen LogP contribution in [0.15, 0.2) is 67.3 Å². The fourth-order valence-electron chi connectivity index (χ4n) is 4.12. The maximum atomic E-state index is 5.78. The first-order valence-electron chi connectivity index (χ1n) is 9.78. The van der Waals surface area contributed by atoms with E-state index < -0.39 is 0 Å². The summed E-state index contributed by atoms with van der Waals surface area (Å²) < 4.78 is 4.83. The van der Waals surface area contributed by atoms with Crippen molar-refractivity contribution in [1.82, 2.24) is 19.2 Å². The van der Waals surface area contributed by atoms with Gasteiger partial charge in [-0.3, -0.25) is 9.47 Å². The molecule has 0 saturated carbocycles. The van der Waals surface area contributed by atoms with Crippen LogP contribution in [0.5, 0.6) is 0 Å². The van der Waals surface area contributed by atoms with Gasteiger partial charge in [-0.05, 0) is 48.7 Å². The Morgan fingerprint density at radius 3 is 2.71 bits per heavy atom. The largest absolute Gasteiger partial charge is 0.300 e. The van der Waals surface area contributed by atoms with Crippen LogP contribution in [0.3, 0.4) is 0 Å². The molecule has 1 aliphatic carbocycles. The summed E-state index contributed by atoms with van der Waals surface area (Å²) in [5.41, 5.74) is 4.11. The minimum atomic E-state index is 0.385. The van der Waals surface area contributed by atoms with E-state index in [1.54, 1.807) is 0 Å². The molecule has 0 saturated heterocycles. The fourth-order valence-corrected chi connectivity index (χ4v) is 4.42. The van der Waals surface area contributed by atoms with E-state index in [4.69, 9.17) is 17.3 Å². The van der Waals surface area contributed by atoms with E-state index in [0.29, 0.717) is 12.7 Å². The Morgan fingerprint density at radius 2 is 1.93 bits per heavy atom. The summed E-state index contributed by atoms with van der Waals surface area (Å²) in [4.78, 5) is 2.42. The van der Waals surface area contributed by atoms with Crippen molar-refractivity contribution in [3.63, 3.8) is 0 Å². The predicted octanol–water partition coefficient (Wildman–Crippen LogP) is 4.90. The standard InChI is InChI=1S/C23H26N4S/c1-3-15-25(22-14-13-20-11-7-8-12-21(20)22)17-27-23(28)26(18(2)24-27)16-19-9-5-4-6-10-19/h3-12,22H,1,13-17H2,2H3/t22-/m0/s1. The summed E-state index contributed by atoms with van der Waals surface area (Å²) in [7, 11) is 0. The van der Waals surface area contributed by atoms with Crippen LogP contribution >= 0.6 is 12.2 Å². The molecule has 0 aliphatic heterocycles. The first kappa shape index (κ1) is 18.8. The number of nitrogens with zero attached hydrogens (tertiary/aromatic N) is 4. The third-order valence-corrected chi connectivity index (χ3v) is 5.94. The number of aryl methyl sites for hydroxylation is 2. The number of benzene rings is 2. The SMILES string of the molecule is C=CCN(Cn1nc(C)n(Cc2ccccc2)c1=S)[C@H]1CCc2ccccc21. The lowest BCUT2D eigenvalue weighted by molar-refractivity contribution is 0.159. The van der Waals surface area contributed by atoms with Crippen LogP contribution < -0.4 is 0 Å². The summed E-state index contributed by atoms with van der Waals surface area (Å²) >= 11 is 5.78. The zero-order valence-electron chi connectivity index (χ0n) is 16.3. The van der Waals surface area contributed by atoms with E-state index in [0.717, 1.165) is 36.5 Å². The minimum Gasteiger partial charge on any atom is -0.300 e. The van der Waals surface area contributed by atoms with Gasteiger partial charge in [-0.15, -0.1) is 6.58 Å². The molecular weight excluding hydrogens is 364 g/mol. The lowest BCUT2D eigenvalue weighted by Crippen LogP contribution is -2.30. The van der Waals surface area contributed by atoms with Crippen LogP contribution in [0.1, 0.15) is 35.0 Å². The molecule has 5 heteroatoms. The summed E-state index contributed by atoms with van der Waals surface area (Å²) in [6, 6.07) is 19.5. The number of aromatic nitrogens is 3. The minimum absolute atomic E-state index is 0.385. The van der Waals surface area contributed by atoms with Gasteiger partial charge in [-0.2, -0.15) is 5.10 Å². The molecule has 3 aromatic rings. The van der Waals surface area contributed by atoms with Crippen molar-refractivity contribution in [3.8, 4) is 0 Å². The van der Waals surface area contributed by atoms with Gasteiger partial charge in [0.2, 0.25) is 0 Å². The quantitative estimate of drug-likeness (QED) is 0.424. The lowest BCUT2D eigenvalue weighted by Gasteiger charge is -2.28. The highest BCUT2D eigenvalue weighted by Crippen LogP contribution is 2.35. The van der Waals surface area contributed by atoms with E-state index in [1.165, 1.54) is 16.7 Å². The second kappa shape index (κ2) is 8.25. The van der Waals surface area contributed by atoms with Gasteiger partial charge in [0.1, 0.15) is 5.82 Å². The molecule has 1 atom stereocenters. The van der Waals surface area contributed by atoms with Crippen molar-refractivity contribution in [2.75, 3.05) is 6.54 Å². The van der Waals surface area contributed by atoms with Crippen LogP contribution in [0.4, 0.5) is 0 Å². The zero-order chi connectivity index (χ0) is 19.5. The first-order chi connectivity index (χ1) is 13.7. The van der Waals surface area contributed by atoms with Crippen molar-refractivity contribution in [1.29, 1.82) is 0 Å². The average molecular weight is 391 g/mol. The summed E-state index contributed by atoms with van der Waals surface area (Å²) in [6.07, 6.45) is 4.23. The van der Waals surface area contributed by atoms with Gasteiger partial charge in [0.25, 0.3) is 0 Å². The molecule has 1 aliphatic rings. The van der Waals surface area contributed by atoms with Gasteiger partial charge in [0.15, 0.2) is 4.77 Å². The van der Waals surface area contributed by atoms with Gasteiger partial charge < -0.3 is 0 Å². The zero-order valence-corrected chi connectivity index (χ0v) is 17.1. The third kappa shape index (κ3) is 3.73. The maximum Gasteiger partial charge on any atom is 0.199 e. The van der Waals surface area contributed by atoms with E-state index in [-0.39, 0.29) is 0 Å². The Kier molecular flexibility index (Phi) is 5.55. The highest BCUT2D eigenvalue weighted by molar-refractivity contribution is 7.71. The van der Waals surface area contributed by atoms with Crippen molar-refractivity contribution in [2.45, 2.75) is 39.0 Å². The Bertz CT molecular complexity index is 1020. The molecular formula is C23H26N4S. The topological polar surface area (TPSA) is 26.0 Å². The maximum absolute atomic E-state index is 5.78. The monoisotopic (exact) mass is 390 g/mol. The molecule has 1 heterocycles. The number of rotatable bonds is 7. The van der Waals surface area contributed by atoms with Gasteiger partial charge >= 0.3 is 0 Å². The van der Waals surface area contributed by atoms with Crippen molar-refractivity contribution in [3.05, 3.63) is 94.5 Å². The van der Waals surface area contributed by atoms with Gasteiger partial charge in [0.05, 0.1) is 13.2 Å². The molecule has 4 rings (SSSR count). The number of hydrogen-bond acceptors (Lipinski definition) is 3. The Labute approximate surface area is 171 Å². The average Bonchev–Trinajstić information content (AvgIpc) is 3.25. The highest BCUT2D eigenvalue weighted by Gasteiger charge is 2.27. The molecule has 0 fully saturated rings. The van der Waals surface area contributed by atoms with E-state index >= 15 is 0 Å². The van der Waals surface area contributed by atoms with Gasteiger partial charge in [0, 0.05) is 12.6 Å². The van der Waals surface area contributed by atoms with Crippen LogP contribution in [-0.4, -0.2) is 25.8 Å². The molecule has 0 radical (unpaired) electrons. The van der Waals surface area contributed by atoms with Crippen molar-refractivity contribution < 1.29 is 0 Å². The molecule has 144 valence electrons. The Morgan fingerprint density at radius 1 is 1.18 bits per heavy atom. The first-order valence-corrected chi connectivity index (χ1v) is 10.2. The summed E-state index contributed by atoms with van der Waals surface area (Å²) in [5.74, 6) is 0.944. The predicted molar refractivity (Wildman–Crippen MR) is 116 cm³/mol. The molecule has 0 unspecified atom stereocenters. The Hall–Kier alpha value is -2.50. The van der Waals surface area contributed by atoms with Gasteiger partial charge in [-0.25, -0.2) is 4.68 Å². The smallest absolute Gasteiger partial charge is 0.199 e. The molecule has 0 spiro atoms. The van der Waals surface area contributed by atoms with Crippen LogP contribution in [-0.2, 0) is 19.6 Å².